The van der Waals surface area contributed by atoms with Crippen molar-refractivity contribution >= 4 is 11.9 Å². The highest BCUT2D eigenvalue weighted by Gasteiger charge is 2.82. The van der Waals surface area contributed by atoms with Crippen molar-refractivity contribution in [1.29, 1.82) is 0 Å². The van der Waals surface area contributed by atoms with Crippen molar-refractivity contribution in [2.45, 2.75) is 201 Å². The first-order chi connectivity index (χ1) is 23.1. The van der Waals surface area contributed by atoms with Crippen molar-refractivity contribution in [3.05, 3.63) is 12.2 Å². The maximum Gasteiger partial charge on any atom is 0.317 e. The van der Waals surface area contributed by atoms with Gasteiger partial charge in [0.15, 0.2) is 0 Å². The van der Waals surface area contributed by atoms with Gasteiger partial charge < -0.3 is 14.6 Å². The second-order valence-corrected chi connectivity index (χ2v) is 19.6. The number of aliphatic hydroxyl groups is 1. The van der Waals surface area contributed by atoms with Crippen molar-refractivity contribution in [1.82, 2.24) is 0 Å². The molecule has 5 nitrogen and oxygen atoms in total. The van der Waals surface area contributed by atoms with E-state index in [9.17, 15) is 14.7 Å². The minimum absolute atomic E-state index is 0.0106. The van der Waals surface area contributed by atoms with Crippen molar-refractivity contribution in [3.63, 3.8) is 0 Å². The number of hydrogen-bond acceptors (Lipinski definition) is 5. The molecule has 0 aromatic carbocycles. The highest BCUT2D eigenvalue weighted by atomic mass is 16.6. The van der Waals surface area contributed by atoms with Gasteiger partial charge in [-0.25, -0.2) is 0 Å². The lowest BCUT2D eigenvalue weighted by molar-refractivity contribution is -0.247. The molecule has 49 heavy (non-hydrogen) atoms. The third-order valence-corrected chi connectivity index (χ3v) is 17.1. The zero-order valence-corrected chi connectivity index (χ0v) is 32.6. The Balaban J connectivity index is 1.14. The van der Waals surface area contributed by atoms with Gasteiger partial charge in [0, 0.05) is 18.8 Å². The van der Waals surface area contributed by atoms with Crippen LogP contribution in [0.15, 0.2) is 12.2 Å². The molecule has 11 atom stereocenters. The molecule has 6 fully saturated rings. The van der Waals surface area contributed by atoms with E-state index < -0.39 is 17.1 Å². The van der Waals surface area contributed by atoms with Gasteiger partial charge in [-0.05, 0) is 110 Å². The standard InChI is InChI=1S/C44H72O5/c1-9-10-11-12-13-14-15-16-17-18-19-20-36(46)48-35-29-44(30(2)3)37-31-21-22-33-40(6)25-24-34(45)39(4,5)32(40)23-26-42(33,8)41(31,7)27-28-43(35,37)38(47)49-44/h31-35,37,45H,2,9-29H2,1,3-8H3/t31-,32+,33-,34-,35-,37-,40+,41-,42-,43-,44-/m1/s1. The quantitative estimate of drug-likeness (QED) is 0.112. The second kappa shape index (κ2) is 13.6. The molecule has 0 radical (unpaired) electrons. The molecule has 0 aromatic rings. The lowest BCUT2D eigenvalue weighted by Crippen LogP contribution is -2.67. The first kappa shape index (κ1) is 37.4. The molecular weight excluding hydrogens is 608 g/mol. The number of carbonyl (C=O) groups is 2. The normalized spacial score (nSPS) is 44.7. The average Bonchev–Trinajstić information content (AvgIpc) is 3.47. The predicted molar refractivity (Wildman–Crippen MR) is 197 cm³/mol. The van der Waals surface area contributed by atoms with E-state index in [1.165, 1.54) is 64.2 Å². The summed E-state index contributed by atoms with van der Waals surface area (Å²) in [5.74, 6) is 1.18. The minimum Gasteiger partial charge on any atom is -0.461 e. The summed E-state index contributed by atoms with van der Waals surface area (Å²) in [6.45, 7) is 21.1. The van der Waals surface area contributed by atoms with Crippen LogP contribution in [0.3, 0.4) is 0 Å². The molecule has 0 spiro atoms. The number of fused-ring (bicyclic) bond motifs is 5. The number of rotatable bonds is 14. The molecule has 0 aromatic heterocycles. The predicted octanol–water partition coefficient (Wildman–Crippen LogP) is 10.9. The fourth-order valence-corrected chi connectivity index (χ4v) is 14.2. The summed E-state index contributed by atoms with van der Waals surface area (Å²) >= 11 is 0. The zero-order valence-electron chi connectivity index (χ0n) is 32.6. The Morgan fingerprint density at radius 2 is 1.45 bits per heavy atom. The van der Waals surface area contributed by atoms with Gasteiger partial charge in [0.25, 0.3) is 0 Å². The summed E-state index contributed by atoms with van der Waals surface area (Å²) in [4.78, 5) is 27.6. The maximum absolute atomic E-state index is 14.2. The van der Waals surface area contributed by atoms with E-state index in [-0.39, 0.29) is 45.6 Å². The SMILES string of the molecule is C=C(C)[C@]12C[C@@H](OC(=O)CCCCCCCCCCCCC)[C@@]3(CC[C@]4(C)[C@H](CC[C@@H]5[C@@]6(C)CC[C@@H](O)C(C)(C)[C@@H]6CC[C@]54C)[C@H]31)C(=O)O2. The molecule has 1 saturated heterocycles. The van der Waals surface area contributed by atoms with Crippen molar-refractivity contribution in [2.24, 2.45) is 50.7 Å². The highest BCUT2D eigenvalue weighted by molar-refractivity contribution is 5.85. The fraction of sp³-hybridized carbons (Fsp3) is 0.909. The van der Waals surface area contributed by atoms with E-state index >= 15 is 0 Å². The lowest BCUT2D eigenvalue weighted by atomic mass is 9.32. The maximum atomic E-state index is 14.2. The van der Waals surface area contributed by atoms with E-state index in [0.29, 0.717) is 30.6 Å². The molecular formula is C44H72O5. The number of esters is 2. The smallest absolute Gasteiger partial charge is 0.317 e. The van der Waals surface area contributed by atoms with Gasteiger partial charge in [-0.15, -0.1) is 0 Å². The van der Waals surface area contributed by atoms with Gasteiger partial charge in [0.05, 0.1) is 6.10 Å². The van der Waals surface area contributed by atoms with Gasteiger partial charge in [0.1, 0.15) is 17.1 Å². The summed E-state index contributed by atoms with van der Waals surface area (Å²) in [7, 11) is 0. The average molecular weight is 681 g/mol. The number of unbranched alkanes of at least 4 members (excludes halogenated alkanes) is 10. The molecule has 1 heterocycles. The fourth-order valence-electron chi connectivity index (χ4n) is 14.2. The van der Waals surface area contributed by atoms with Crippen LogP contribution in [0.4, 0.5) is 0 Å². The zero-order chi connectivity index (χ0) is 35.5. The Morgan fingerprint density at radius 1 is 0.816 bits per heavy atom. The second-order valence-electron chi connectivity index (χ2n) is 19.6. The third-order valence-electron chi connectivity index (χ3n) is 17.1. The molecule has 2 bridgehead atoms. The van der Waals surface area contributed by atoms with Crippen LogP contribution >= 0.6 is 0 Å². The van der Waals surface area contributed by atoms with E-state index in [0.717, 1.165) is 63.4 Å². The topological polar surface area (TPSA) is 72.8 Å². The summed E-state index contributed by atoms with van der Waals surface area (Å²) < 4.78 is 12.9. The van der Waals surface area contributed by atoms with E-state index in [4.69, 9.17) is 9.47 Å². The number of carbonyl (C=O) groups excluding carboxylic acids is 2. The van der Waals surface area contributed by atoms with Crippen molar-refractivity contribution in [3.8, 4) is 0 Å². The molecule has 0 unspecified atom stereocenters. The van der Waals surface area contributed by atoms with E-state index in [2.05, 4.69) is 48.1 Å². The van der Waals surface area contributed by atoms with Crippen molar-refractivity contribution in [2.75, 3.05) is 0 Å². The number of aliphatic hydroxyl groups excluding tert-OH is 1. The molecule has 1 N–H and O–H groups in total. The molecule has 1 aliphatic heterocycles. The monoisotopic (exact) mass is 681 g/mol. The molecule has 5 saturated carbocycles. The van der Waals surface area contributed by atoms with E-state index in [1.54, 1.807) is 0 Å². The van der Waals surface area contributed by atoms with Crippen LogP contribution in [0.5, 0.6) is 0 Å². The molecule has 6 rings (SSSR count). The molecule has 0 amide bonds. The van der Waals surface area contributed by atoms with Gasteiger partial charge in [-0.1, -0.05) is 112 Å². The van der Waals surface area contributed by atoms with Crippen LogP contribution in [0.1, 0.15) is 183 Å². The first-order valence-electron chi connectivity index (χ1n) is 20.9. The van der Waals surface area contributed by atoms with Gasteiger partial charge >= 0.3 is 11.9 Å². The van der Waals surface area contributed by atoms with Gasteiger partial charge in [-0.2, -0.15) is 0 Å². The van der Waals surface area contributed by atoms with Gasteiger partial charge in [0.2, 0.25) is 0 Å². The van der Waals surface area contributed by atoms with Crippen LogP contribution in [0, 0.1) is 50.7 Å². The Labute approximate surface area is 299 Å². The molecule has 6 aliphatic rings. The van der Waals surface area contributed by atoms with Crippen molar-refractivity contribution < 1.29 is 24.2 Å². The number of hydrogen-bond donors (Lipinski definition) is 1. The molecule has 278 valence electrons. The summed E-state index contributed by atoms with van der Waals surface area (Å²) in [5.41, 5.74) is -0.235. The summed E-state index contributed by atoms with van der Waals surface area (Å²) in [6.07, 6.45) is 22.4. The first-order valence-corrected chi connectivity index (χ1v) is 20.9. The van der Waals surface area contributed by atoms with Crippen LogP contribution < -0.4 is 0 Å². The van der Waals surface area contributed by atoms with Gasteiger partial charge in [-0.3, -0.25) is 9.59 Å². The molecule has 5 heteroatoms. The van der Waals surface area contributed by atoms with Crippen LogP contribution in [-0.4, -0.2) is 34.9 Å². The largest absolute Gasteiger partial charge is 0.461 e. The Hall–Kier alpha value is -1.36. The van der Waals surface area contributed by atoms with Crippen LogP contribution in [0.25, 0.3) is 0 Å². The van der Waals surface area contributed by atoms with E-state index in [1.807, 2.05) is 6.92 Å². The Bertz CT molecular complexity index is 1260. The van der Waals surface area contributed by atoms with Crippen LogP contribution in [0.2, 0.25) is 0 Å². The lowest BCUT2D eigenvalue weighted by Gasteiger charge is -2.72. The summed E-state index contributed by atoms with van der Waals surface area (Å²) in [6, 6.07) is 0. The minimum atomic E-state index is -0.753. The van der Waals surface area contributed by atoms with Crippen LogP contribution in [-0.2, 0) is 19.1 Å². The Kier molecular flexibility index (Phi) is 10.4. The highest BCUT2D eigenvalue weighted by Crippen LogP contribution is 2.80. The summed E-state index contributed by atoms with van der Waals surface area (Å²) in [5, 5.41) is 11.1. The molecule has 5 aliphatic carbocycles. The number of ether oxygens (including phenoxy) is 2. The third kappa shape index (κ3) is 5.62. The Morgan fingerprint density at radius 3 is 2.08 bits per heavy atom.